The first-order valence-corrected chi connectivity index (χ1v) is 11.0. The maximum atomic E-state index is 13.7. The average molecular weight is 425 g/mol. The second-order valence-electron chi connectivity index (χ2n) is 10.9. The Morgan fingerprint density at radius 1 is 1.10 bits per heavy atom. The topological polar surface area (TPSA) is 45.1 Å². The van der Waals surface area contributed by atoms with E-state index in [0.717, 1.165) is 19.3 Å². The summed E-state index contributed by atoms with van der Waals surface area (Å²) in [6.45, 7) is 5.97. The highest BCUT2D eigenvalue weighted by molar-refractivity contribution is 6.23. The first-order chi connectivity index (χ1) is 14.0. The molecule has 30 heavy (non-hydrogen) atoms. The Hall–Kier alpha value is -1.57. The van der Waals surface area contributed by atoms with Crippen molar-refractivity contribution in [3.05, 3.63) is 11.8 Å². The number of hydrogen-bond acceptors (Lipinski definition) is 4. The number of nitrogens with zero attached hydrogens (tertiary/aromatic N) is 3. The average Bonchev–Trinajstić information content (AvgIpc) is 2.64. The van der Waals surface area contributed by atoms with Crippen LogP contribution < -0.4 is 0 Å². The summed E-state index contributed by atoms with van der Waals surface area (Å²) in [6.07, 6.45) is 3.40. The summed E-state index contributed by atoms with van der Waals surface area (Å²) in [6, 6.07) is 0. The van der Waals surface area contributed by atoms with Gasteiger partial charge in [0, 0.05) is 24.8 Å². The lowest BCUT2D eigenvalue weighted by Gasteiger charge is -2.67. The van der Waals surface area contributed by atoms with E-state index in [9.17, 15) is 18.0 Å². The fourth-order valence-electron chi connectivity index (χ4n) is 7.82. The molecule has 0 radical (unpaired) electrons. The molecule has 0 aromatic carbocycles. The highest BCUT2D eigenvalue weighted by Gasteiger charge is 2.62. The monoisotopic (exact) mass is 425 g/mol. The first kappa shape index (κ1) is 20.3. The van der Waals surface area contributed by atoms with Crippen molar-refractivity contribution in [3.8, 4) is 0 Å². The summed E-state index contributed by atoms with van der Waals surface area (Å²) < 4.78 is 46.5. The quantitative estimate of drug-likeness (QED) is 0.677. The molecule has 1 amide bonds. The maximum absolute atomic E-state index is 13.7. The third kappa shape index (κ3) is 3.26. The third-order valence-electron chi connectivity index (χ3n) is 7.92. The number of rotatable bonds is 2. The Kier molecular flexibility index (Phi) is 4.38. The van der Waals surface area contributed by atoms with E-state index in [1.54, 1.807) is 0 Å². The van der Waals surface area contributed by atoms with Crippen LogP contribution in [0, 0.1) is 16.7 Å². The molecule has 2 aliphatic heterocycles. The zero-order valence-corrected chi connectivity index (χ0v) is 17.7. The van der Waals surface area contributed by atoms with Gasteiger partial charge in [-0.25, -0.2) is 0 Å². The van der Waals surface area contributed by atoms with Crippen molar-refractivity contribution in [1.82, 2.24) is 9.80 Å². The van der Waals surface area contributed by atoms with Gasteiger partial charge in [-0.1, -0.05) is 13.8 Å². The summed E-state index contributed by atoms with van der Waals surface area (Å²) in [5.74, 6) is 0.0252. The van der Waals surface area contributed by atoms with Gasteiger partial charge in [0.2, 0.25) is 0 Å². The van der Waals surface area contributed by atoms with Crippen molar-refractivity contribution >= 4 is 11.6 Å². The van der Waals surface area contributed by atoms with Gasteiger partial charge >= 0.3 is 6.18 Å². The predicted octanol–water partition coefficient (Wildman–Crippen LogP) is 3.75. The van der Waals surface area contributed by atoms with Gasteiger partial charge in [-0.15, -0.1) is 0 Å². The van der Waals surface area contributed by atoms with E-state index in [-0.39, 0.29) is 28.6 Å². The molecule has 4 bridgehead atoms. The Morgan fingerprint density at radius 3 is 2.30 bits per heavy atom. The molecular formula is C22H30F3N3O2. The normalized spacial score (nSPS) is 41.0. The predicted molar refractivity (Wildman–Crippen MR) is 106 cm³/mol. The van der Waals surface area contributed by atoms with Gasteiger partial charge in [-0.05, 0) is 55.3 Å². The largest absolute Gasteiger partial charge is 0.433 e. The Balaban J connectivity index is 1.50. The SMILES string of the molecule is CC12CC3CC(C)(C1)CC(N1C=C(C(=O)N4CCOCC4)C(C(F)(F)F)=NC1)(C3)C2. The second-order valence-corrected chi connectivity index (χ2v) is 10.9. The number of halogens is 3. The Labute approximate surface area is 175 Å². The molecule has 5 nitrogen and oxygen atoms in total. The summed E-state index contributed by atoms with van der Waals surface area (Å²) >= 11 is 0. The summed E-state index contributed by atoms with van der Waals surface area (Å²) in [7, 11) is 0. The summed E-state index contributed by atoms with van der Waals surface area (Å²) in [5.41, 5.74) is -1.08. The van der Waals surface area contributed by atoms with Gasteiger partial charge < -0.3 is 14.5 Å². The lowest BCUT2D eigenvalue weighted by atomic mass is 9.42. The van der Waals surface area contributed by atoms with Crippen molar-refractivity contribution in [3.63, 3.8) is 0 Å². The lowest BCUT2D eigenvalue weighted by molar-refractivity contribution is -0.151. The molecule has 6 aliphatic rings. The van der Waals surface area contributed by atoms with E-state index in [1.807, 2.05) is 4.90 Å². The number of ether oxygens (including phenoxy) is 1. The van der Waals surface area contributed by atoms with Crippen LogP contribution in [0.15, 0.2) is 16.8 Å². The van der Waals surface area contributed by atoms with Crippen LogP contribution in [0.3, 0.4) is 0 Å². The van der Waals surface area contributed by atoms with E-state index < -0.39 is 17.8 Å². The van der Waals surface area contributed by atoms with Crippen LogP contribution in [0.4, 0.5) is 13.2 Å². The third-order valence-corrected chi connectivity index (χ3v) is 7.92. The van der Waals surface area contributed by atoms with Crippen molar-refractivity contribution < 1.29 is 22.7 Å². The molecule has 0 N–H and O–H groups in total. The molecule has 2 atom stereocenters. The van der Waals surface area contributed by atoms with Gasteiger partial charge in [0.15, 0.2) is 5.71 Å². The number of amides is 1. The van der Waals surface area contributed by atoms with Gasteiger partial charge in [-0.2, -0.15) is 13.2 Å². The van der Waals surface area contributed by atoms with Crippen molar-refractivity contribution in [1.29, 1.82) is 0 Å². The maximum Gasteiger partial charge on any atom is 0.433 e. The van der Waals surface area contributed by atoms with Crippen molar-refractivity contribution in [2.24, 2.45) is 21.7 Å². The molecule has 0 spiro atoms. The van der Waals surface area contributed by atoms with Gasteiger partial charge in [0.25, 0.3) is 5.91 Å². The zero-order valence-electron chi connectivity index (χ0n) is 17.7. The van der Waals surface area contributed by atoms with Gasteiger partial charge in [0.05, 0.1) is 18.8 Å². The fourth-order valence-corrected chi connectivity index (χ4v) is 7.82. The van der Waals surface area contributed by atoms with Crippen LogP contribution in [-0.4, -0.2) is 66.1 Å². The number of carbonyl (C=O) groups is 1. The van der Waals surface area contributed by atoms with Crippen LogP contribution in [0.2, 0.25) is 0 Å². The van der Waals surface area contributed by atoms with Crippen molar-refractivity contribution in [2.75, 3.05) is 33.0 Å². The van der Waals surface area contributed by atoms with Crippen LogP contribution in [0.1, 0.15) is 52.4 Å². The number of hydrogen-bond donors (Lipinski definition) is 0. The van der Waals surface area contributed by atoms with E-state index in [4.69, 9.17) is 4.74 Å². The molecule has 0 aromatic heterocycles. The molecule has 166 valence electrons. The standard InChI is InChI=1S/C22H30F3N3O2/c1-19-7-15-8-20(2,11-19)13-21(9-15,12-19)28-10-16(17(26-14-28)22(23,24)25)18(29)27-3-5-30-6-4-27/h10,15H,3-9,11-14H2,1-2H3. The summed E-state index contributed by atoms with van der Waals surface area (Å²) in [4.78, 5) is 20.5. The fraction of sp³-hybridized carbons (Fsp3) is 0.818. The first-order valence-electron chi connectivity index (χ1n) is 11.0. The Bertz CT molecular complexity index is 797. The molecule has 8 heteroatoms. The molecule has 0 aromatic rings. The van der Waals surface area contributed by atoms with E-state index in [1.165, 1.54) is 30.4 Å². The van der Waals surface area contributed by atoms with E-state index >= 15 is 0 Å². The van der Waals surface area contributed by atoms with Gasteiger partial charge in [-0.3, -0.25) is 9.79 Å². The van der Waals surface area contributed by atoms with E-state index in [0.29, 0.717) is 32.2 Å². The molecule has 5 fully saturated rings. The highest BCUT2D eigenvalue weighted by atomic mass is 19.4. The lowest BCUT2D eigenvalue weighted by Crippen LogP contribution is -2.64. The number of morpholine rings is 1. The smallest absolute Gasteiger partial charge is 0.378 e. The van der Waals surface area contributed by atoms with Crippen LogP contribution >= 0.6 is 0 Å². The molecule has 2 unspecified atom stereocenters. The summed E-state index contributed by atoms with van der Waals surface area (Å²) in [5, 5.41) is 0. The van der Waals surface area contributed by atoms with Crippen molar-refractivity contribution in [2.45, 2.75) is 64.1 Å². The number of alkyl halides is 3. The molecule has 6 rings (SSSR count). The second kappa shape index (κ2) is 6.47. The highest BCUT2D eigenvalue weighted by Crippen LogP contribution is 2.67. The molecule has 4 aliphatic carbocycles. The van der Waals surface area contributed by atoms with E-state index in [2.05, 4.69) is 18.8 Å². The molecule has 2 heterocycles. The minimum absolute atomic E-state index is 0.0202. The number of carbonyl (C=O) groups excluding carboxylic acids is 1. The van der Waals surface area contributed by atoms with Crippen LogP contribution in [-0.2, 0) is 9.53 Å². The van der Waals surface area contributed by atoms with Gasteiger partial charge in [0.1, 0.15) is 6.67 Å². The Morgan fingerprint density at radius 2 is 1.73 bits per heavy atom. The molecular weight excluding hydrogens is 395 g/mol. The molecule has 4 saturated carbocycles. The van der Waals surface area contributed by atoms with Crippen LogP contribution in [0.5, 0.6) is 0 Å². The molecule has 1 saturated heterocycles. The minimum atomic E-state index is -4.64. The number of aliphatic imine (C=N–C) groups is 1. The van der Waals surface area contributed by atoms with Crippen LogP contribution in [0.25, 0.3) is 0 Å². The minimum Gasteiger partial charge on any atom is -0.378 e. The zero-order chi connectivity index (χ0) is 21.4.